The van der Waals surface area contributed by atoms with Crippen LogP contribution < -0.4 is 5.32 Å². The second-order valence-corrected chi connectivity index (χ2v) is 6.53. The molecular weight excluding hydrogens is 342 g/mol. The van der Waals surface area contributed by atoms with E-state index < -0.39 is 0 Å². The SMILES string of the molecule is O=C(Cc1csc(-c2ccccc2Cl)n1)NCCc1cccnc1. The molecule has 2 heterocycles. The molecule has 0 unspecified atom stereocenters. The molecule has 1 N–H and O–H groups in total. The molecule has 3 aromatic rings. The minimum absolute atomic E-state index is 0.0325. The van der Waals surface area contributed by atoms with E-state index in [1.165, 1.54) is 11.3 Å². The van der Waals surface area contributed by atoms with Crippen LogP contribution in [0.4, 0.5) is 0 Å². The lowest BCUT2D eigenvalue weighted by molar-refractivity contribution is -0.120. The van der Waals surface area contributed by atoms with Crippen LogP contribution in [0.1, 0.15) is 11.3 Å². The number of carbonyl (C=O) groups excluding carboxylic acids is 1. The summed E-state index contributed by atoms with van der Waals surface area (Å²) in [6, 6.07) is 11.5. The first-order valence-electron chi connectivity index (χ1n) is 7.57. The van der Waals surface area contributed by atoms with Gasteiger partial charge >= 0.3 is 0 Å². The van der Waals surface area contributed by atoms with E-state index >= 15 is 0 Å². The molecule has 6 heteroatoms. The molecule has 0 aliphatic heterocycles. The first-order valence-corrected chi connectivity index (χ1v) is 8.83. The third-order valence-corrected chi connectivity index (χ3v) is 4.71. The summed E-state index contributed by atoms with van der Waals surface area (Å²) < 4.78 is 0. The number of hydrogen-bond acceptors (Lipinski definition) is 4. The van der Waals surface area contributed by atoms with Crippen molar-refractivity contribution in [3.8, 4) is 10.6 Å². The van der Waals surface area contributed by atoms with Gasteiger partial charge in [0, 0.05) is 29.9 Å². The molecule has 0 saturated carbocycles. The molecule has 0 fully saturated rings. The average molecular weight is 358 g/mol. The second kappa shape index (κ2) is 8.04. The maximum absolute atomic E-state index is 12.0. The molecule has 122 valence electrons. The molecule has 0 radical (unpaired) electrons. The highest BCUT2D eigenvalue weighted by molar-refractivity contribution is 7.13. The van der Waals surface area contributed by atoms with Gasteiger partial charge < -0.3 is 5.32 Å². The molecule has 4 nitrogen and oxygen atoms in total. The Hall–Kier alpha value is -2.24. The van der Waals surface area contributed by atoms with Crippen LogP contribution in [-0.2, 0) is 17.6 Å². The normalized spacial score (nSPS) is 10.5. The molecule has 0 bridgehead atoms. The van der Waals surface area contributed by atoms with Crippen molar-refractivity contribution >= 4 is 28.8 Å². The molecule has 0 atom stereocenters. The highest BCUT2D eigenvalue weighted by Crippen LogP contribution is 2.30. The van der Waals surface area contributed by atoms with Gasteiger partial charge in [-0.25, -0.2) is 4.98 Å². The van der Waals surface area contributed by atoms with Crippen molar-refractivity contribution in [2.75, 3.05) is 6.54 Å². The van der Waals surface area contributed by atoms with Gasteiger partial charge in [0.15, 0.2) is 0 Å². The highest BCUT2D eigenvalue weighted by Gasteiger charge is 2.10. The van der Waals surface area contributed by atoms with Crippen LogP contribution in [0.25, 0.3) is 10.6 Å². The third-order valence-electron chi connectivity index (χ3n) is 3.46. The van der Waals surface area contributed by atoms with E-state index in [2.05, 4.69) is 15.3 Å². The van der Waals surface area contributed by atoms with E-state index in [4.69, 9.17) is 11.6 Å². The van der Waals surface area contributed by atoms with Crippen molar-refractivity contribution in [3.63, 3.8) is 0 Å². The second-order valence-electron chi connectivity index (χ2n) is 5.26. The Labute approximate surface area is 149 Å². The predicted molar refractivity (Wildman–Crippen MR) is 97.2 cm³/mol. The zero-order valence-corrected chi connectivity index (χ0v) is 14.5. The van der Waals surface area contributed by atoms with Gasteiger partial charge in [0.05, 0.1) is 17.1 Å². The molecule has 1 aromatic carbocycles. The van der Waals surface area contributed by atoms with Gasteiger partial charge in [0.25, 0.3) is 0 Å². The summed E-state index contributed by atoms with van der Waals surface area (Å²) in [6.07, 6.45) is 4.58. The van der Waals surface area contributed by atoms with E-state index in [9.17, 15) is 4.79 Å². The van der Waals surface area contributed by atoms with Crippen molar-refractivity contribution in [1.29, 1.82) is 0 Å². The van der Waals surface area contributed by atoms with Crippen LogP contribution in [0.3, 0.4) is 0 Å². The topological polar surface area (TPSA) is 54.9 Å². The number of aromatic nitrogens is 2. The van der Waals surface area contributed by atoms with E-state index in [1.54, 1.807) is 6.20 Å². The van der Waals surface area contributed by atoms with Gasteiger partial charge in [-0.1, -0.05) is 35.9 Å². The Kier molecular flexibility index (Phi) is 5.56. The zero-order chi connectivity index (χ0) is 16.8. The Bertz CT molecular complexity index is 820. The standard InChI is InChI=1S/C18H16ClN3OS/c19-16-6-2-1-5-15(16)18-22-14(12-24-18)10-17(23)21-9-7-13-4-3-8-20-11-13/h1-6,8,11-12H,7,9-10H2,(H,21,23). The summed E-state index contributed by atoms with van der Waals surface area (Å²) in [7, 11) is 0. The fourth-order valence-corrected chi connectivity index (χ4v) is 3.41. The zero-order valence-electron chi connectivity index (χ0n) is 12.9. The van der Waals surface area contributed by atoms with Crippen LogP contribution >= 0.6 is 22.9 Å². The van der Waals surface area contributed by atoms with E-state index in [-0.39, 0.29) is 12.3 Å². The van der Waals surface area contributed by atoms with Crippen molar-refractivity contribution in [2.45, 2.75) is 12.8 Å². The van der Waals surface area contributed by atoms with Gasteiger partial charge in [0.1, 0.15) is 5.01 Å². The summed E-state index contributed by atoms with van der Waals surface area (Å²) in [6.45, 7) is 0.589. The largest absolute Gasteiger partial charge is 0.355 e. The first-order chi connectivity index (χ1) is 11.7. The van der Waals surface area contributed by atoms with Gasteiger partial charge in [0.2, 0.25) is 5.91 Å². The quantitative estimate of drug-likeness (QED) is 0.730. The monoisotopic (exact) mass is 357 g/mol. The van der Waals surface area contributed by atoms with Gasteiger partial charge in [-0.15, -0.1) is 11.3 Å². The Morgan fingerprint density at radius 2 is 2.08 bits per heavy atom. The first kappa shape index (κ1) is 16.6. The van der Waals surface area contributed by atoms with Crippen molar-refractivity contribution in [1.82, 2.24) is 15.3 Å². The molecule has 3 rings (SSSR count). The number of amides is 1. The van der Waals surface area contributed by atoms with Crippen LogP contribution in [0.2, 0.25) is 5.02 Å². The average Bonchev–Trinajstić information content (AvgIpc) is 3.04. The van der Waals surface area contributed by atoms with Gasteiger partial charge in [-0.05, 0) is 24.1 Å². The number of benzene rings is 1. The van der Waals surface area contributed by atoms with Crippen molar-refractivity contribution in [3.05, 3.63) is 70.5 Å². The number of carbonyl (C=O) groups is 1. The summed E-state index contributed by atoms with van der Waals surface area (Å²) in [4.78, 5) is 20.6. The van der Waals surface area contributed by atoms with Crippen LogP contribution in [0.5, 0.6) is 0 Å². The summed E-state index contributed by atoms with van der Waals surface area (Å²) in [5.41, 5.74) is 2.76. The number of nitrogens with one attached hydrogen (secondary N) is 1. The molecule has 0 spiro atoms. The van der Waals surface area contributed by atoms with Crippen molar-refractivity contribution in [2.24, 2.45) is 0 Å². The summed E-state index contributed by atoms with van der Waals surface area (Å²) in [5.74, 6) is -0.0325. The number of thiazole rings is 1. The highest BCUT2D eigenvalue weighted by atomic mass is 35.5. The lowest BCUT2D eigenvalue weighted by atomic mass is 10.2. The smallest absolute Gasteiger partial charge is 0.226 e. The number of hydrogen-bond donors (Lipinski definition) is 1. The van der Waals surface area contributed by atoms with Crippen LogP contribution in [-0.4, -0.2) is 22.4 Å². The van der Waals surface area contributed by atoms with Crippen LogP contribution in [0.15, 0.2) is 54.2 Å². The molecular formula is C18H16ClN3OS. The molecule has 24 heavy (non-hydrogen) atoms. The molecule has 2 aromatic heterocycles. The summed E-state index contributed by atoms with van der Waals surface area (Å²) in [5, 5.41) is 6.31. The Morgan fingerprint density at radius 1 is 1.21 bits per heavy atom. The maximum atomic E-state index is 12.0. The molecule has 0 aliphatic rings. The predicted octanol–water partition coefficient (Wildman–Crippen LogP) is 3.76. The summed E-state index contributed by atoms with van der Waals surface area (Å²) >= 11 is 7.68. The van der Waals surface area contributed by atoms with E-state index in [0.717, 1.165) is 28.2 Å². The number of rotatable bonds is 6. The van der Waals surface area contributed by atoms with E-state index in [1.807, 2.05) is 48.0 Å². The van der Waals surface area contributed by atoms with Gasteiger partial charge in [-0.2, -0.15) is 0 Å². The minimum atomic E-state index is -0.0325. The molecule has 0 saturated heterocycles. The van der Waals surface area contributed by atoms with Crippen molar-refractivity contribution < 1.29 is 4.79 Å². The fraction of sp³-hybridized carbons (Fsp3) is 0.167. The number of halogens is 1. The maximum Gasteiger partial charge on any atom is 0.226 e. The van der Waals surface area contributed by atoms with E-state index in [0.29, 0.717) is 11.6 Å². The Morgan fingerprint density at radius 3 is 2.88 bits per heavy atom. The molecule has 0 aliphatic carbocycles. The Balaban J connectivity index is 1.53. The third kappa shape index (κ3) is 4.40. The lowest BCUT2D eigenvalue weighted by Crippen LogP contribution is -2.27. The number of pyridine rings is 1. The van der Waals surface area contributed by atoms with Gasteiger partial charge in [-0.3, -0.25) is 9.78 Å². The molecule has 1 amide bonds. The fourth-order valence-electron chi connectivity index (χ4n) is 2.27. The minimum Gasteiger partial charge on any atom is -0.355 e. The van der Waals surface area contributed by atoms with Crippen LogP contribution in [0, 0.1) is 0 Å². The number of nitrogens with zero attached hydrogens (tertiary/aromatic N) is 2. The lowest BCUT2D eigenvalue weighted by Gasteiger charge is -2.04.